The van der Waals surface area contributed by atoms with E-state index in [1.54, 1.807) is 0 Å². The number of rotatable bonds is 2. The highest BCUT2D eigenvalue weighted by Crippen LogP contribution is 2.45. The Labute approximate surface area is 126 Å². The van der Waals surface area contributed by atoms with Crippen LogP contribution < -0.4 is 4.90 Å². The van der Waals surface area contributed by atoms with Crippen LogP contribution in [0.3, 0.4) is 0 Å². The molecule has 1 N–H and O–H groups in total. The lowest BCUT2D eigenvalue weighted by Gasteiger charge is -2.45. The summed E-state index contributed by atoms with van der Waals surface area (Å²) in [6.07, 6.45) is 9.75. The molecule has 110 valence electrons. The molecular weight excluding hydrogens is 270 g/mol. The Kier molecular flexibility index (Phi) is 4.23. The molecule has 2 aliphatic rings. The van der Waals surface area contributed by atoms with Gasteiger partial charge in [-0.3, -0.25) is 0 Å². The van der Waals surface area contributed by atoms with E-state index in [9.17, 15) is 0 Å². The maximum absolute atomic E-state index is 9.16. The number of benzene rings is 1. The van der Waals surface area contributed by atoms with Crippen molar-refractivity contribution in [3.05, 3.63) is 28.8 Å². The second kappa shape index (κ2) is 5.95. The summed E-state index contributed by atoms with van der Waals surface area (Å²) in [6.45, 7) is 2.31. The van der Waals surface area contributed by atoms with Crippen molar-refractivity contribution in [3.63, 3.8) is 0 Å². The van der Waals surface area contributed by atoms with E-state index in [1.807, 2.05) is 12.1 Å². The molecule has 0 atom stereocenters. The van der Waals surface area contributed by atoms with Gasteiger partial charge in [0, 0.05) is 13.1 Å². The lowest BCUT2D eigenvalue weighted by molar-refractivity contribution is 0.144. The molecule has 1 aromatic rings. The van der Waals surface area contributed by atoms with Gasteiger partial charge in [0.2, 0.25) is 0 Å². The summed E-state index contributed by atoms with van der Waals surface area (Å²) in [5.74, 6) is 0. The van der Waals surface area contributed by atoms with Crippen LogP contribution in [0.25, 0.3) is 0 Å². The van der Waals surface area contributed by atoms with E-state index in [4.69, 9.17) is 16.7 Å². The number of hydrogen-bond acceptors (Lipinski definition) is 2. The van der Waals surface area contributed by atoms with Crippen molar-refractivity contribution in [2.45, 2.75) is 51.6 Å². The molecule has 1 aromatic carbocycles. The van der Waals surface area contributed by atoms with Crippen molar-refractivity contribution < 1.29 is 5.11 Å². The van der Waals surface area contributed by atoms with E-state index >= 15 is 0 Å². The van der Waals surface area contributed by atoms with Gasteiger partial charge in [0.1, 0.15) is 0 Å². The van der Waals surface area contributed by atoms with Crippen LogP contribution in [0.1, 0.15) is 50.5 Å². The van der Waals surface area contributed by atoms with Crippen molar-refractivity contribution in [1.82, 2.24) is 0 Å². The molecule has 1 spiro atoms. The zero-order valence-corrected chi connectivity index (χ0v) is 12.8. The Morgan fingerprint density at radius 1 is 1.05 bits per heavy atom. The molecule has 1 saturated heterocycles. The fraction of sp³-hybridized carbons (Fsp3) is 0.647. The molecular formula is C17H24ClNO. The van der Waals surface area contributed by atoms with Crippen molar-refractivity contribution in [2.24, 2.45) is 5.41 Å². The first-order chi connectivity index (χ1) is 9.72. The maximum Gasteiger partial charge on any atom is 0.0682 e. The normalized spacial score (nSPS) is 22.2. The molecule has 1 aliphatic carbocycles. The minimum atomic E-state index is 0.0586. The van der Waals surface area contributed by atoms with Crippen LogP contribution in [0.2, 0.25) is 5.02 Å². The third kappa shape index (κ3) is 2.82. The molecule has 3 rings (SSSR count). The first-order valence-electron chi connectivity index (χ1n) is 7.87. The summed E-state index contributed by atoms with van der Waals surface area (Å²) in [5.41, 5.74) is 2.65. The van der Waals surface area contributed by atoms with Gasteiger partial charge in [0.15, 0.2) is 0 Å². The minimum Gasteiger partial charge on any atom is -0.392 e. The fourth-order valence-electron chi connectivity index (χ4n) is 3.93. The minimum absolute atomic E-state index is 0.0586. The molecule has 1 saturated carbocycles. The number of halogens is 1. The summed E-state index contributed by atoms with van der Waals surface area (Å²) >= 11 is 6.37. The Morgan fingerprint density at radius 3 is 2.35 bits per heavy atom. The Morgan fingerprint density at radius 2 is 1.75 bits per heavy atom. The quantitative estimate of drug-likeness (QED) is 0.874. The van der Waals surface area contributed by atoms with Crippen LogP contribution in [-0.4, -0.2) is 18.2 Å². The lowest BCUT2D eigenvalue weighted by atomic mass is 9.68. The molecule has 2 nitrogen and oxygen atoms in total. The van der Waals surface area contributed by atoms with Gasteiger partial charge < -0.3 is 10.0 Å². The number of anilines is 1. The monoisotopic (exact) mass is 293 g/mol. The average Bonchev–Trinajstić information content (AvgIpc) is 2.49. The van der Waals surface area contributed by atoms with Crippen LogP contribution >= 0.6 is 11.6 Å². The standard InChI is InChI=1S/C17H24ClNO/c18-15-12-14(13-20)4-5-16(15)19-10-8-17(9-11-19)6-2-1-3-7-17/h4-5,12,20H,1-3,6-11,13H2. The molecule has 1 aliphatic heterocycles. The SMILES string of the molecule is OCc1ccc(N2CCC3(CCCCC3)CC2)c(Cl)c1. The largest absolute Gasteiger partial charge is 0.392 e. The molecule has 1 heterocycles. The van der Waals surface area contributed by atoms with Crippen LogP contribution in [-0.2, 0) is 6.61 Å². The summed E-state index contributed by atoms with van der Waals surface area (Å²) in [4.78, 5) is 2.42. The Balaban J connectivity index is 1.68. The Hall–Kier alpha value is -0.730. The van der Waals surface area contributed by atoms with E-state index in [-0.39, 0.29) is 6.61 Å². The zero-order valence-electron chi connectivity index (χ0n) is 12.1. The molecule has 0 bridgehead atoms. The summed E-state index contributed by atoms with van der Waals surface area (Å²) < 4.78 is 0. The van der Waals surface area contributed by atoms with Crippen molar-refractivity contribution in [1.29, 1.82) is 0 Å². The Bertz CT molecular complexity index is 458. The van der Waals surface area contributed by atoms with Crippen LogP contribution in [0.4, 0.5) is 5.69 Å². The van der Waals surface area contributed by atoms with Crippen LogP contribution in [0, 0.1) is 5.41 Å². The first-order valence-corrected chi connectivity index (χ1v) is 8.25. The van der Waals surface area contributed by atoms with Gasteiger partial charge in [-0.15, -0.1) is 0 Å². The maximum atomic E-state index is 9.16. The predicted octanol–water partition coefficient (Wildman–Crippen LogP) is 4.38. The lowest BCUT2D eigenvalue weighted by Crippen LogP contribution is -2.41. The van der Waals surface area contributed by atoms with Crippen molar-refractivity contribution in [2.75, 3.05) is 18.0 Å². The number of nitrogens with zero attached hydrogens (tertiary/aromatic N) is 1. The summed E-state index contributed by atoms with van der Waals surface area (Å²) in [5, 5.41) is 9.93. The molecule has 0 unspecified atom stereocenters. The van der Waals surface area contributed by atoms with Gasteiger partial charge in [-0.05, 0) is 48.8 Å². The summed E-state index contributed by atoms with van der Waals surface area (Å²) in [6, 6.07) is 5.93. The van der Waals surface area contributed by atoms with Gasteiger partial charge in [0.05, 0.1) is 17.3 Å². The average molecular weight is 294 g/mol. The topological polar surface area (TPSA) is 23.5 Å². The number of aliphatic hydroxyl groups is 1. The molecule has 2 fully saturated rings. The van der Waals surface area contributed by atoms with E-state index < -0.39 is 0 Å². The molecule has 0 amide bonds. The van der Waals surface area contributed by atoms with Crippen LogP contribution in [0.15, 0.2) is 18.2 Å². The van der Waals surface area contributed by atoms with Gasteiger partial charge in [-0.2, -0.15) is 0 Å². The van der Waals surface area contributed by atoms with Crippen molar-refractivity contribution >= 4 is 17.3 Å². The van der Waals surface area contributed by atoms with E-state index in [0.717, 1.165) is 29.4 Å². The second-order valence-corrected chi connectivity index (χ2v) is 6.90. The molecule has 0 aromatic heterocycles. The molecule has 3 heteroatoms. The molecule has 0 radical (unpaired) electrons. The zero-order chi connectivity index (χ0) is 14.0. The molecule has 20 heavy (non-hydrogen) atoms. The highest BCUT2D eigenvalue weighted by molar-refractivity contribution is 6.33. The van der Waals surface area contributed by atoms with Gasteiger partial charge in [0.25, 0.3) is 0 Å². The number of hydrogen-bond donors (Lipinski definition) is 1. The van der Waals surface area contributed by atoms with Crippen molar-refractivity contribution in [3.8, 4) is 0 Å². The summed E-state index contributed by atoms with van der Waals surface area (Å²) in [7, 11) is 0. The number of aliphatic hydroxyl groups excluding tert-OH is 1. The second-order valence-electron chi connectivity index (χ2n) is 6.49. The van der Waals surface area contributed by atoms with E-state index in [2.05, 4.69) is 11.0 Å². The smallest absolute Gasteiger partial charge is 0.0682 e. The fourth-order valence-corrected chi connectivity index (χ4v) is 4.25. The highest BCUT2D eigenvalue weighted by atomic mass is 35.5. The van der Waals surface area contributed by atoms with Gasteiger partial charge in [-0.1, -0.05) is 36.9 Å². The van der Waals surface area contributed by atoms with Gasteiger partial charge in [-0.25, -0.2) is 0 Å². The first kappa shape index (κ1) is 14.2. The van der Waals surface area contributed by atoms with E-state index in [1.165, 1.54) is 44.9 Å². The van der Waals surface area contributed by atoms with Crippen LogP contribution in [0.5, 0.6) is 0 Å². The third-order valence-corrected chi connectivity index (χ3v) is 5.58. The highest BCUT2D eigenvalue weighted by Gasteiger charge is 2.35. The van der Waals surface area contributed by atoms with E-state index in [0.29, 0.717) is 5.41 Å². The van der Waals surface area contributed by atoms with Gasteiger partial charge >= 0.3 is 0 Å². The number of piperidine rings is 1. The third-order valence-electron chi connectivity index (χ3n) is 5.27. The predicted molar refractivity (Wildman–Crippen MR) is 84.3 cm³/mol.